The van der Waals surface area contributed by atoms with Gasteiger partial charge in [-0.05, 0) is 53.9 Å². The second-order valence-corrected chi connectivity index (χ2v) is 11.0. The number of hydrogen-bond donors (Lipinski definition) is 2. The maximum Gasteiger partial charge on any atom is 0.437 e. The number of likely N-dealkylation sites (tertiary alicyclic amines) is 1. The molecule has 0 aromatic rings. The number of carbonyl (C=O) groups is 4. The van der Waals surface area contributed by atoms with E-state index < -0.39 is 41.3 Å². The molecule has 1 rings (SSSR count). The number of nitrogens with zero attached hydrogens (tertiary/aromatic N) is 2. The molecule has 11 nitrogen and oxygen atoms in total. The van der Waals surface area contributed by atoms with Crippen LogP contribution in [0.25, 0.3) is 0 Å². The molecule has 0 aromatic carbocycles. The van der Waals surface area contributed by atoms with E-state index >= 15 is 0 Å². The van der Waals surface area contributed by atoms with E-state index in [4.69, 9.17) is 14.2 Å². The van der Waals surface area contributed by atoms with E-state index in [1.165, 1.54) is 14.0 Å². The van der Waals surface area contributed by atoms with E-state index in [0.29, 0.717) is 6.42 Å². The highest BCUT2D eigenvalue weighted by molar-refractivity contribution is 5.99. The lowest BCUT2D eigenvalue weighted by molar-refractivity contribution is -0.144. The number of hydrogen-bond acceptors (Lipinski definition) is 7. The van der Waals surface area contributed by atoms with Crippen LogP contribution in [0.15, 0.2) is 4.99 Å². The molecule has 0 saturated carbocycles. The number of guanidine groups is 1. The maximum absolute atomic E-state index is 12.7. The largest absolute Gasteiger partial charge is 0.469 e. The van der Waals surface area contributed by atoms with Crippen LogP contribution in [0.3, 0.4) is 0 Å². The number of nitrogens with one attached hydrogen (secondary N) is 2. The molecule has 3 atom stereocenters. The number of methoxy groups -OCH3 is 1. The van der Waals surface area contributed by atoms with E-state index in [9.17, 15) is 19.2 Å². The summed E-state index contributed by atoms with van der Waals surface area (Å²) in [5.41, 5.74) is -1.61. The van der Waals surface area contributed by atoms with Gasteiger partial charge in [0.05, 0.1) is 25.1 Å². The molecular weight excluding hydrogens is 468 g/mol. The third kappa shape index (κ3) is 10.0. The van der Waals surface area contributed by atoms with Gasteiger partial charge < -0.3 is 24.4 Å². The van der Waals surface area contributed by atoms with Gasteiger partial charge in [-0.25, -0.2) is 9.59 Å². The highest BCUT2D eigenvalue weighted by Crippen LogP contribution is 2.31. The van der Waals surface area contributed by atoms with E-state index in [1.54, 1.807) is 46.4 Å². The molecule has 0 radical (unpaired) electrons. The molecule has 0 bridgehead atoms. The van der Waals surface area contributed by atoms with Gasteiger partial charge in [0.25, 0.3) is 0 Å². The smallest absolute Gasteiger partial charge is 0.437 e. The molecule has 11 heteroatoms. The average Bonchev–Trinajstić information content (AvgIpc) is 3.15. The number of amides is 3. The molecule has 206 valence electrons. The first kappa shape index (κ1) is 31.2. The molecule has 1 heterocycles. The number of ether oxygens (including phenoxy) is 3. The predicted molar refractivity (Wildman–Crippen MR) is 135 cm³/mol. The zero-order valence-electron chi connectivity index (χ0n) is 23.4. The molecule has 1 fully saturated rings. The zero-order valence-corrected chi connectivity index (χ0v) is 23.4. The number of carbonyl (C=O) groups excluding carboxylic acids is 4. The van der Waals surface area contributed by atoms with Crippen molar-refractivity contribution in [2.75, 3.05) is 13.7 Å². The summed E-state index contributed by atoms with van der Waals surface area (Å²) in [6, 6.07) is -0.838. The van der Waals surface area contributed by atoms with Gasteiger partial charge in [-0.3, -0.25) is 14.9 Å². The van der Waals surface area contributed by atoms with Crippen molar-refractivity contribution in [3.63, 3.8) is 0 Å². The van der Waals surface area contributed by atoms with Crippen LogP contribution in [0.5, 0.6) is 0 Å². The van der Waals surface area contributed by atoms with Crippen molar-refractivity contribution in [2.45, 2.75) is 105 Å². The van der Waals surface area contributed by atoms with Gasteiger partial charge in [-0.2, -0.15) is 0 Å². The molecule has 3 amide bonds. The Bertz CT molecular complexity index is 825. The van der Waals surface area contributed by atoms with Gasteiger partial charge >= 0.3 is 18.2 Å². The highest BCUT2D eigenvalue weighted by Gasteiger charge is 2.45. The minimum Gasteiger partial charge on any atom is -0.469 e. The first-order chi connectivity index (χ1) is 16.5. The monoisotopic (exact) mass is 512 g/mol. The van der Waals surface area contributed by atoms with E-state index in [2.05, 4.69) is 15.6 Å². The van der Waals surface area contributed by atoms with Crippen LogP contribution in [-0.4, -0.2) is 71.9 Å². The average molecular weight is 513 g/mol. The van der Waals surface area contributed by atoms with E-state index in [-0.39, 0.29) is 30.4 Å². The second kappa shape index (κ2) is 12.9. The van der Waals surface area contributed by atoms with Crippen molar-refractivity contribution in [3.05, 3.63) is 0 Å². The number of esters is 1. The van der Waals surface area contributed by atoms with Crippen LogP contribution in [0.2, 0.25) is 0 Å². The number of rotatable bonds is 6. The Kier molecular flexibility index (Phi) is 11.2. The third-order valence-corrected chi connectivity index (χ3v) is 5.69. The van der Waals surface area contributed by atoms with Crippen LogP contribution < -0.4 is 10.6 Å². The van der Waals surface area contributed by atoms with Gasteiger partial charge in [0.15, 0.2) is 0 Å². The van der Waals surface area contributed by atoms with Crippen LogP contribution in [0, 0.1) is 11.8 Å². The fourth-order valence-electron chi connectivity index (χ4n) is 4.28. The lowest BCUT2D eigenvalue weighted by Crippen LogP contribution is -2.57. The van der Waals surface area contributed by atoms with Crippen LogP contribution >= 0.6 is 0 Å². The summed E-state index contributed by atoms with van der Waals surface area (Å²) >= 11 is 0. The fourth-order valence-corrected chi connectivity index (χ4v) is 4.28. The van der Waals surface area contributed by atoms with Gasteiger partial charge in [-0.15, -0.1) is 4.99 Å². The Morgan fingerprint density at radius 2 is 1.56 bits per heavy atom. The summed E-state index contributed by atoms with van der Waals surface area (Å²) in [7, 11) is 1.31. The summed E-state index contributed by atoms with van der Waals surface area (Å²) in [5, 5.41) is 5.59. The van der Waals surface area contributed by atoms with Crippen LogP contribution in [-0.2, 0) is 23.8 Å². The minimum absolute atomic E-state index is 0.0714. The maximum atomic E-state index is 12.7. The Morgan fingerprint density at radius 1 is 1.00 bits per heavy atom. The lowest BCUT2D eigenvalue weighted by Gasteiger charge is -2.37. The molecule has 36 heavy (non-hydrogen) atoms. The Morgan fingerprint density at radius 3 is 2.00 bits per heavy atom. The summed E-state index contributed by atoms with van der Waals surface area (Å²) in [5.74, 6) is -1.25. The molecule has 2 N–H and O–H groups in total. The molecule has 1 unspecified atom stereocenters. The molecule has 1 aliphatic rings. The number of alkyl carbamates (subject to hydrolysis) is 1. The topological polar surface area (TPSA) is 136 Å². The lowest BCUT2D eigenvalue weighted by atomic mass is 9.86. The first-order valence-electron chi connectivity index (χ1n) is 12.4. The molecule has 0 spiro atoms. The summed E-state index contributed by atoms with van der Waals surface area (Å²) in [6.07, 6.45) is 0.146. The standard InChI is InChI=1S/C25H44N4O7/c1-11-16(12-2)19(26-15(3)30)18-13-17(20(31)34-10)14-29(18)21(27-22(32)35-24(4,5)6)28-23(33)36-25(7,8)9/h16-19H,11-14H2,1-10H3,(H,26,30)(H,27,28,32,33)/t17-,18+,19?/m1/s1. The van der Waals surface area contributed by atoms with Gasteiger partial charge in [-0.1, -0.05) is 26.7 Å². The highest BCUT2D eigenvalue weighted by atomic mass is 16.6. The van der Waals surface area contributed by atoms with E-state index in [1.807, 2.05) is 13.8 Å². The van der Waals surface area contributed by atoms with Gasteiger partial charge in [0, 0.05) is 13.5 Å². The zero-order chi connectivity index (χ0) is 27.8. The Labute approximate surface area is 214 Å². The van der Waals surface area contributed by atoms with Crippen molar-refractivity contribution >= 4 is 30.0 Å². The van der Waals surface area contributed by atoms with Gasteiger partial charge in [0.2, 0.25) is 11.9 Å². The fraction of sp³-hybridized carbons (Fsp3) is 0.800. The van der Waals surface area contributed by atoms with Crippen molar-refractivity contribution in [2.24, 2.45) is 16.8 Å². The van der Waals surface area contributed by atoms with Crippen molar-refractivity contribution < 1.29 is 33.4 Å². The SMILES string of the molecule is CCC(CC)C(NC(C)=O)[C@@H]1C[C@@H](C(=O)OC)CN1C(=NC(=O)OC(C)(C)C)NC(=O)OC(C)(C)C. The predicted octanol–water partition coefficient (Wildman–Crippen LogP) is 3.61. The summed E-state index contributed by atoms with van der Waals surface area (Å²) < 4.78 is 15.7. The molecule has 0 aromatic heterocycles. The van der Waals surface area contributed by atoms with Crippen LogP contribution in [0.4, 0.5) is 9.59 Å². The molecule has 1 saturated heterocycles. The summed E-state index contributed by atoms with van der Waals surface area (Å²) in [6.45, 7) is 15.8. The normalized spacial score (nSPS) is 19.5. The molecule has 0 aliphatic carbocycles. The van der Waals surface area contributed by atoms with Crippen LogP contribution in [0.1, 0.15) is 81.6 Å². The second-order valence-electron chi connectivity index (χ2n) is 11.0. The third-order valence-electron chi connectivity index (χ3n) is 5.69. The minimum atomic E-state index is -0.910. The summed E-state index contributed by atoms with van der Waals surface area (Å²) in [4.78, 5) is 55.8. The molecular formula is C25H44N4O7. The van der Waals surface area contributed by atoms with Crippen molar-refractivity contribution in [1.82, 2.24) is 15.5 Å². The van der Waals surface area contributed by atoms with Crippen molar-refractivity contribution in [1.29, 1.82) is 0 Å². The van der Waals surface area contributed by atoms with Gasteiger partial charge in [0.1, 0.15) is 11.2 Å². The quantitative estimate of drug-likeness (QED) is 0.238. The van der Waals surface area contributed by atoms with Crippen molar-refractivity contribution in [3.8, 4) is 0 Å². The van der Waals surface area contributed by atoms with E-state index in [0.717, 1.165) is 12.8 Å². The Balaban J connectivity index is 3.57. The Hall–Kier alpha value is -2.85. The molecule has 1 aliphatic heterocycles. The number of aliphatic imine (C=N–C) groups is 1. The first-order valence-corrected chi connectivity index (χ1v) is 12.4.